The van der Waals surface area contributed by atoms with Gasteiger partial charge in [-0.05, 0) is 60.2 Å². The molecule has 2 heterocycles. The van der Waals surface area contributed by atoms with Gasteiger partial charge in [0, 0.05) is 19.6 Å². The zero-order chi connectivity index (χ0) is 18.0. The third-order valence-corrected chi connectivity index (χ3v) is 5.94. The zero-order valence-corrected chi connectivity index (χ0v) is 17.0. The van der Waals surface area contributed by atoms with E-state index in [0.717, 1.165) is 18.0 Å². The van der Waals surface area contributed by atoms with E-state index in [1.165, 1.54) is 55.7 Å². The molecule has 2 fully saturated rings. The van der Waals surface area contributed by atoms with Crippen molar-refractivity contribution in [3.8, 4) is 22.6 Å². The third kappa shape index (κ3) is 4.08. The van der Waals surface area contributed by atoms with Crippen molar-refractivity contribution in [2.45, 2.75) is 19.4 Å². The molecule has 2 saturated heterocycles. The maximum atomic E-state index is 5.57. The summed E-state index contributed by atoms with van der Waals surface area (Å²) in [4.78, 5) is 2.60. The highest BCUT2D eigenvalue weighted by Gasteiger charge is 2.40. The fourth-order valence-corrected chi connectivity index (χ4v) is 4.49. The van der Waals surface area contributed by atoms with E-state index in [2.05, 4.69) is 52.7 Å². The predicted molar refractivity (Wildman–Crippen MR) is 112 cm³/mol. The Labute approximate surface area is 168 Å². The standard InChI is InChI=1S/C22H28N2O2.ClH/c1-25-20-12-18(14-24-11-9-22(16-24)8-10-23-15-22)19(13-21(20)26-2)17-6-4-3-5-7-17;/h3-7,12-13,23H,8-11,14-16H2,1-2H3;1H. The highest BCUT2D eigenvalue weighted by atomic mass is 35.5. The van der Waals surface area contributed by atoms with Crippen molar-refractivity contribution in [1.82, 2.24) is 10.2 Å². The van der Waals surface area contributed by atoms with Crippen LogP contribution in [-0.4, -0.2) is 45.3 Å². The summed E-state index contributed by atoms with van der Waals surface area (Å²) in [6.45, 7) is 5.64. The van der Waals surface area contributed by atoms with Crippen LogP contribution in [0.1, 0.15) is 18.4 Å². The monoisotopic (exact) mass is 388 g/mol. The van der Waals surface area contributed by atoms with Crippen molar-refractivity contribution < 1.29 is 9.47 Å². The van der Waals surface area contributed by atoms with Gasteiger partial charge in [-0.1, -0.05) is 30.3 Å². The number of nitrogens with one attached hydrogen (secondary N) is 1. The van der Waals surface area contributed by atoms with Crippen LogP contribution in [0.25, 0.3) is 11.1 Å². The molecule has 1 spiro atoms. The highest BCUT2D eigenvalue weighted by molar-refractivity contribution is 5.85. The van der Waals surface area contributed by atoms with E-state index in [0.29, 0.717) is 5.41 Å². The fraction of sp³-hybridized carbons (Fsp3) is 0.455. The first-order chi connectivity index (χ1) is 12.7. The molecule has 4 nitrogen and oxygen atoms in total. The van der Waals surface area contributed by atoms with E-state index < -0.39 is 0 Å². The molecule has 2 aliphatic heterocycles. The Morgan fingerprint density at radius 1 is 1.04 bits per heavy atom. The van der Waals surface area contributed by atoms with Crippen molar-refractivity contribution >= 4 is 12.4 Å². The van der Waals surface area contributed by atoms with Crippen LogP contribution in [0, 0.1) is 5.41 Å². The Hall–Kier alpha value is -1.75. The van der Waals surface area contributed by atoms with Crippen molar-refractivity contribution in [3.05, 3.63) is 48.0 Å². The van der Waals surface area contributed by atoms with Crippen LogP contribution in [-0.2, 0) is 6.54 Å². The number of likely N-dealkylation sites (tertiary alicyclic amines) is 1. The average Bonchev–Trinajstić information content (AvgIpc) is 3.31. The quantitative estimate of drug-likeness (QED) is 0.840. The number of benzene rings is 2. The molecular formula is C22H29ClN2O2. The smallest absolute Gasteiger partial charge is 0.161 e. The van der Waals surface area contributed by atoms with Crippen molar-refractivity contribution in [2.24, 2.45) is 5.41 Å². The van der Waals surface area contributed by atoms with Crippen LogP contribution in [0.15, 0.2) is 42.5 Å². The first-order valence-corrected chi connectivity index (χ1v) is 9.46. The Kier molecular flexibility index (Phi) is 6.30. The summed E-state index contributed by atoms with van der Waals surface area (Å²) >= 11 is 0. The maximum absolute atomic E-state index is 5.57. The molecule has 0 saturated carbocycles. The normalized spacial score (nSPS) is 22.0. The molecule has 27 heavy (non-hydrogen) atoms. The number of hydrogen-bond acceptors (Lipinski definition) is 4. The molecule has 0 amide bonds. The van der Waals surface area contributed by atoms with Crippen LogP contribution >= 0.6 is 12.4 Å². The van der Waals surface area contributed by atoms with Crippen molar-refractivity contribution in [3.63, 3.8) is 0 Å². The van der Waals surface area contributed by atoms with Gasteiger partial charge in [-0.15, -0.1) is 12.4 Å². The van der Waals surface area contributed by atoms with E-state index in [4.69, 9.17) is 9.47 Å². The number of halogens is 1. The summed E-state index contributed by atoms with van der Waals surface area (Å²) in [5.41, 5.74) is 4.24. The lowest BCUT2D eigenvalue weighted by atomic mass is 9.86. The Balaban J connectivity index is 0.00000210. The summed E-state index contributed by atoms with van der Waals surface area (Å²) in [6.07, 6.45) is 2.61. The average molecular weight is 389 g/mol. The molecule has 0 bridgehead atoms. The molecule has 1 N–H and O–H groups in total. The summed E-state index contributed by atoms with van der Waals surface area (Å²) in [5, 5.41) is 3.55. The number of nitrogens with zero attached hydrogens (tertiary/aromatic N) is 1. The van der Waals surface area contributed by atoms with E-state index in [1.807, 2.05) is 0 Å². The minimum absolute atomic E-state index is 0. The fourth-order valence-electron chi connectivity index (χ4n) is 4.49. The van der Waals surface area contributed by atoms with Crippen LogP contribution in [0.5, 0.6) is 11.5 Å². The SMILES string of the molecule is COc1cc(CN2CCC3(CCNC3)C2)c(-c2ccccc2)cc1OC.Cl. The lowest BCUT2D eigenvalue weighted by Gasteiger charge is -2.24. The number of hydrogen-bond donors (Lipinski definition) is 1. The molecule has 5 heteroatoms. The second kappa shape index (κ2) is 8.51. The van der Waals surface area contributed by atoms with Crippen LogP contribution < -0.4 is 14.8 Å². The number of rotatable bonds is 5. The largest absolute Gasteiger partial charge is 0.493 e. The van der Waals surface area contributed by atoms with E-state index in [9.17, 15) is 0 Å². The first-order valence-electron chi connectivity index (χ1n) is 9.46. The van der Waals surface area contributed by atoms with E-state index in [1.54, 1.807) is 14.2 Å². The molecule has 146 valence electrons. The molecule has 1 unspecified atom stereocenters. The second-order valence-electron chi connectivity index (χ2n) is 7.62. The van der Waals surface area contributed by atoms with E-state index in [-0.39, 0.29) is 12.4 Å². The minimum Gasteiger partial charge on any atom is -0.493 e. The topological polar surface area (TPSA) is 33.7 Å². The van der Waals surface area contributed by atoms with Gasteiger partial charge in [-0.3, -0.25) is 4.90 Å². The van der Waals surface area contributed by atoms with Gasteiger partial charge in [-0.2, -0.15) is 0 Å². The van der Waals surface area contributed by atoms with Crippen molar-refractivity contribution in [2.75, 3.05) is 40.4 Å². The molecule has 1 atom stereocenters. The van der Waals surface area contributed by atoms with Gasteiger partial charge in [0.05, 0.1) is 14.2 Å². The minimum atomic E-state index is 0. The van der Waals surface area contributed by atoms with Crippen LogP contribution in [0.3, 0.4) is 0 Å². The molecular weight excluding hydrogens is 360 g/mol. The van der Waals surface area contributed by atoms with Gasteiger partial charge in [-0.25, -0.2) is 0 Å². The van der Waals surface area contributed by atoms with Gasteiger partial charge in [0.15, 0.2) is 11.5 Å². The second-order valence-corrected chi connectivity index (χ2v) is 7.62. The van der Waals surface area contributed by atoms with Gasteiger partial charge in [0.2, 0.25) is 0 Å². The predicted octanol–water partition coefficient (Wildman–Crippen LogP) is 3.98. The summed E-state index contributed by atoms with van der Waals surface area (Å²) in [7, 11) is 3.41. The van der Waals surface area contributed by atoms with Crippen LogP contribution in [0.4, 0.5) is 0 Å². The van der Waals surface area contributed by atoms with Gasteiger partial charge >= 0.3 is 0 Å². The lowest BCUT2D eigenvalue weighted by molar-refractivity contribution is 0.268. The van der Waals surface area contributed by atoms with Crippen molar-refractivity contribution in [1.29, 1.82) is 0 Å². The number of methoxy groups -OCH3 is 2. The molecule has 2 aliphatic rings. The molecule has 0 radical (unpaired) electrons. The third-order valence-electron chi connectivity index (χ3n) is 5.94. The molecule has 2 aromatic rings. The zero-order valence-electron chi connectivity index (χ0n) is 16.2. The molecule has 4 rings (SSSR count). The molecule has 0 aromatic heterocycles. The first kappa shape index (κ1) is 20.0. The summed E-state index contributed by atoms with van der Waals surface area (Å²) in [6, 6.07) is 14.8. The van der Waals surface area contributed by atoms with Crippen LogP contribution in [0.2, 0.25) is 0 Å². The molecule has 2 aromatic carbocycles. The highest BCUT2D eigenvalue weighted by Crippen LogP contribution is 2.40. The van der Waals surface area contributed by atoms with Gasteiger partial charge < -0.3 is 14.8 Å². The van der Waals surface area contributed by atoms with E-state index >= 15 is 0 Å². The lowest BCUT2D eigenvalue weighted by Crippen LogP contribution is -2.29. The summed E-state index contributed by atoms with van der Waals surface area (Å²) in [5.74, 6) is 1.59. The van der Waals surface area contributed by atoms with Gasteiger partial charge in [0.1, 0.15) is 0 Å². The Morgan fingerprint density at radius 3 is 2.44 bits per heavy atom. The molecule has 0 aliphatic carbocycles. The Bertz CT molecular complexity index is 760. The summed E-state index contributed by atoms with van der Waals surface area (Å²) < 4.78 is 11.1. The number of ether oxygens (including phenoxy) is 2. The van der Waals surface area contributed by atoms with Gasteiger partial charge in [0.25, 0.3) is 0 Å². The maximum Gasteiger partial charge on any atom is 0.161 e. The Morgan fingerprint density at radius 2 is 1.78 bits per heavy atom.